The van der Waals surface area contributed by atoms with E-state index >= 15 is 0 Å². The maximum absolute atomic E-state index is 12.3. The van der Waals surface area contributed by atoms with Crippen LogP contribution in [0.3, 0.4) is 0 Å². The molecular weight excluding hydrogens is 342 g/mol. The van der Waals surface area contributed by atoms with E-state index in [0.717, 1.165) is 11.1 Å². The highest BCUT2D eigenvalue weighted by atomic mass is 32.2. The van der Waals surface area contributed by atoms with Crippen molar-refractivity contribution in [1.82, 2.24) is 14.5 Å². The van der Waals surface area contributed by atoms with Crippen molar-refractivity contribution in [2.45, 2.75) is 37.3 Å². The van der Waals surface area contributed by atoms with E-state index in [0.29, 0.717) is 32.5 Å². The second kappa shape index (κ2) is 8.27. The lowest BCUT2D eigenvalue weighted by molar-refractivity contribution is -0.132. The third-order valence-electron chi connectivity index (χ3n) is 4.16. The molecule has 0 saturated heterocycles. The topological polar surface area (TPSA) is 90.0 Å². The summed E-state index contributed by atoms with van der Waals surface area (Å²) in [6.45, 7) is 3.30. The van der Waals surface area contributed by atoms with Gasteiger partial charge in [-0.1, -0.05) is 6.07 Å². The lowest BCUT2D eigenvalue weighted by atomic mass is 10.00. The van der Waals surface area contributed by atoms with Gasteiger partial charge in [-0.05, 0) is 57.1 Å². The maximum atomic E-state index is 12.3. The zero-order valence-corrected chi connectivity index (χ0v) is 15.8. The number of sulfonamides is 1. The summed E-state index contributed by atoms with van der Waals surface area (Å²) in [5, 5.41) is 9.23. The third-order valence-corrected chi connectivity index (χ3v) is 5.62. The fourth-order valence-corrected chi connectivity index (χ4v) is 3.86. The molecule has 1 aliphatic heterocycles. The second-order valence-corrected chi connectivity index (χ2v) is 8.54. The van der Waals surface area contributed by atoms with E-state index in [1.165, 1.54) is 0 Å². The van der Waals surface area contributed by atoms with E-state index in [9.17, 15) is 18.3 Å². The van der Waals surface area contributed by atoms with Crippen molar-refractivity contribution >= 4 is 15.9 Å². The van der Waals surface area contributed by atoms with Crippen LogP contribution in [-0.4, -0.2) is 69.1 Å². The van der Waals surface area contributed by atoms with Gasteiger partial charge in [0.1, 0.15) is 0 Å². The van der Waals surface area contributed by atoms with Crippen LogP contribution < -0.4 is 4.72 Å². The molecule has 0 bridgehead atoms. The normalized spacial score (nSPS) is 16.0. The molecule has 0 saturated carbocycles. The van der Waals surface area contributed by atoms with Gasteiger partial charge in [-0.15, -0.1) is 0 Å². The van der Waals surface area contributed by atoms with Gasteiger partial charge >= 0.3 is 0 Å². The number of benzene rings is 1. The van der Waals surface area contributed by atoms with Crippen LogP contribution in [0, 0.1) is 0 Å². The number of rotatable bonds is 7. The van der Waals surface area contributed by atoms with Crippen LogP contribution in [0.5, 0.6) is 0 Å². The largest absolute Gasteiger partial charge is 0.393 e. The molecule has 2 rings (SSSR count). The molecule has 1 amide bonds. The summed E-state index contributed by atoms with van der Waals surface area (Å²) in [5.74, 6) is 0.0761. The molecule has 0 aromatic heterocycles. The monoisotopic (exact) mass is 369 g/mol. The molecular formula is C17H27N3O4S. The number of hydrogen-bond acceptors (Lipinski definition) is 5. The highest BCUT2D eigenvalue weighted by Gasteiger charge is 2.23. The molecule has 1 heterocycles. The summed E-state index contributed by atoms with van der Waals surface area (Å²) >= 11 is 0. The number of aliphatic hydroxyl groups excluding tert-OH is 1. The van der Waals surface area contributed by atoms with E-state index in [-0.39, 0.29) is 17.3 Å². The Balaban J connectivity index is 2.07. The SMILES string of the molecule is CC(O)CCNS(=O)(=O)c1ccc2c(c1)CCN(C(=O)CN(C)C)C2. The minimum atomic E-state index is -3.58. The smallest absolute Gasteiger partial charge is 0.240 e. The first-order chi connectivity index (χ1) is 11.7. The molecule has 0 radical (unpaired) electrons. The quantitative estimate of drug-likeness (QED) is 0.716. The van der Waals surface area contributed by atoms with Gasteiger partial charge in [0, 0.05) is 19.6 Å². The number of nitrogens with one attached hydrogen (secondary N) is 1. The third kappa shape index (κ3) is 5.50. The minimum absolute atomic E-state index is 0.0761. The molecule has 1 unspecified atom stereocenters. The van der Waals surface area contributed by atoms with E-state index in [1.54, 1.807) is 30.0 Å². The van der Waals surface area contributed by atoms with Gasteiger partial charge in [0.2, 0.25) is 15.9 Å². The zero-order valence-electron chi connectivity index (χ0n) is 15.0. The molecule has 140 valence electrons. The summed E-state index contributed by atoms with van der Waals surface area (Å²) in [4.78, 5) is 16.0. The Morgan fingerprint density at radius 2 is 2.08 bits per heavy atom. The highest BCUT2D eigenvalue weighted by molar-refractivity contribution is 7.89. The second-order valence-electron chi connectivity index (χ2n) is 6.77. The lowest BCUT2D eigenvalue weighted by Gasteiger charge is -2.30. The zero-order chi connectivity index (χ0) is 18.6. The van der Waals surface area contributed by atoms with Gasteiger partial charge in [0.15, 0.2) is 0 Å². The number of hydrogen-bond donors (Lipinski definition) is 2. The van der Waals surface area contributed by atoms with E-state index < -0.39 is 16.1 Å². The van der Waals surface area contributed by atoms with Gasteiger partial charge in [0.05, 0.1) is 17.5 Å². The van der Waals surface area contributed by atoms with Crippen LogP contribution in [0.25, 0.3) is 0 Å². The van der Waals surface area contributed by atoms with Crippen LogP contribution in [0.15, 0.2) is 23.1 Å². The minimum Gasteiger partial charge on any atom is -0.393 e. The molecule has 1 atom stereocenters. The number of nitrogens with zero attached hydrogens (tertiary/aromatic N) is 2. The molecule has 0 fully saturated rings. The lowest BCUT2D eigenvalue weighted by Crippen LogP contribution is -2.40. The summed E-state index contributed by atoms with van der Waals surface area (Å²) in [5.41, 5.74) is 1.95. The fourth-order valence-electron chi connectivity index (χ4n) is 2.77. The van der Waals surface area contributed by atoms with Crippen LogP contribution in [0.2, 0.25) is 0 Å². The molecule has 1 aromatic carbocycles. The Morgan fingerprint density at radius 1 is 1.36 bits per heavy atom. The van der Waals surface area contributed by atoms with Gasteiger partial charge in [-0.2, -0.15) is 0 Å². The van der Waals surface area contributed by atoms with Crippen molar-refractivity contribution in [3.05, 3.63) is 29.3 Å². The van der Waals surface area contributed by atoms with Crippen LogP contribution in [0.1, 0.15) is 24.5 Å². The Hall–Kier alpha value is -1.48. The van der Waals surface area contributed by atoms with Gasteiger partial charge < -0.3 is 14.9 Å². The average molecular weight is 369 g/mol. The van der Waals surface area contributed by atoms with E-state index in [1.807, 2.05) is 19.0 Å². The number of fused-ring (bicyclic) bond motifs is 1. The van der Waals surface area contributed by atoms with Gasteiger partial charge in [-0.25, -0.2) is 13.1 Å². The number of likely N-dealkylation sites (N-methyl/N-ethyl adjacent to an activating group) is 1. The Morgan fingerprint density at radius 3 is 2.72 bits per heavy atom. The van der Waals surface area contributed by atoms with Crippen molar-refractivity contribution in [3.63, 3.8) is 0 Å². The summed E-state index contributed by atoms with van der Waals surface area (Å²) in [6.07, 6.45) is 0.468. The number of amides is 1. The molecule has 8 heteroatoms. The molecule has 0 spiro atoms. The van der Waals surface area contributed by atoms with E-state index in [2.05, 4.69) is 4.72 Å². The maximum Gasteiger partial charge on any atom is 0.240 e. The van der Waals surface area contributed by atoms with Crippen molar-refractivity contribution < 1.29 is 18.3 Å². The van der Waals surface area contributed by atoms with Gasteiger partial charge in [0.25, 0.3) is 0 Å². The Kier molecular flexibility index (Phi) is 6.56. The molecule has 7 nitrogen and oxygen atoms in total. The highest BCUT2D eigenvalue weighted by Crippen LogP contribution is 2.22. The van der Waals surface area contributed by atoms with Crippen LogP contribution >= 0.6 is 0 Å². The van der Waals surface area contributed by atoms with Gasteiger partial charge in [-0.3, -0.25) is 4.79 Å². The Bertz CT molecular complexity index is 717. The molecule has 2 N–H and O–H groups in total. The number of carbonyl (C=O) groups excluding carboxylic acids is 1. The fraction of sp³-hybridized carbons (Fsp3) is 0.588. The van der Waals surface area contributed by atoms with Crippen LogP contribution in [0.4, 0.5) is 0 Å². The summed E-state index contributed by atoms with van der Waals surface area (Å²) in [7, 11) is 0.134. The van der Waals surface area contributed by atoms with Crippen molar-refractivity contribution in [2.24, 2.45) is 0 Å². The average Bonchev–Trinajstić information content (AvgIpc) is 2.52. The molecule has 1 aromatic rings. The first-order valence-electron chi connectivity index (χ1n) is 8.41. The molecule has 25 heavy (non-hydrogen) atoms. The predicted octanol–water partition coefficient (Wildman–Crippen LogP) is 0.182. The Labute approximate surface area is 149 Å². The van der Waals surface area contributed by atoms with Crippen LogP contribution in [-0.2, 0) is 27.8 Å². The number of carbonyl (C=O) groups is 1. The van der Waals surface area contributed by atoms with Crippen molar-refractivity contribution in [2.75, 3.05) is 33.7 Å². The standard InChI is InChI=1S/C17H27N3O4S/c1-13(21)6-8-18-25(23,24)16-5-4-15-11-20(9-7-14(15)10-16)17(22)12-19(2)3/h4-5,10,13,18,21H,6-9,11-12H2,1-3H3. The first kappa shape index (κ1) is 19.8. The first-order valence-corrected chi connectivity index (χ1v) is 9.89. The van der Waals surface area contributed by atoms with Crippen molar-refractivity contribution in [1.29, 1.82) is 0 Å². The van der Waals surface area contributed by atoms with E-state index in [4.69, 9.17) is 0 Å². The predicted molar refractivity (Wildman–Crippen MR) is 95.6 cm³/mol. The summed E-state index contributed by atoms with van der Waals surface area (Å²) in [6, 6.07) is 5.05. The number of aliphatic hydroxyl groups is 1. The van der Waals surface area contributed by atoms with Crippen molar-refractivity contribution in [3.8, 4) is 0 Å². The molecule has 1 aliphatic rings. The molecule has 0 aliphatic carbocycles. The summed E-state index contributed by atoms with van der Waals surface area (Å²) < 4.78 is 27.2.